The maximum Gasteiger partial charge on any atom is 0.217 e. The molecule has 1 amide bonds. The molecule has 3 rings (SSSR count). The van der Waals surface area contributed by atoms with Crippen molar-refractivity contribution in [1.29, 1.82) is 0 Å². The van der Waals surface area contributed by atoms with Gasteiger partial charge in [0.1, 0.15) is 0 Å². The molecule has 25 heavy (non-hydrogen) atoms. The Morgan fingerprint density at radius 2 is 1.92 bits per heavy atom. The van der Waals surface area contributed by atoms with E-state index >= 15 is 0 Å². The summed E-state index contributed by atoms with van der Waals surface area (Å²) >= 11 is 0. The lowest BCUT2D eigenvalue weighted by atomic mass is 9.92. The molecule has 0 bridgehead atoms. The Morgan fingerprint density at radius 1 is 1.20 bits per heavy atom. The van der Waals surface area contributed by atoms with Crippen LogP contribution in [0, 0.1) is 5.92 Å². The van der Waals surface area contributed by atoms with E-state index in [2.05, 4.69) is 31.5 Å². The summed E-state index contributed by atoms with van der Waals surface area (Å²) in [6, 6.07) is 0. The average molecular weight is 342 g/mol. The second-order valence-electron chi connectivity index (χ2n) is 6.85. The van der Waals surface area contributed by atoms with E-state index in [-0.39, 0.29) is 5.91 Å². The van der Waals surface area contributed by atoms with E-state index in [0.717, 1.165) is 37.4 Å². The number of likely N-dealkylation sites (tertiary alicyclic amines) is 1. The van der Waals surface area contributed by atoms with Gasteiger partial charge in [0.2, 0.25) is 5.91 Å². The first-order valence-corrected chi connectivity index (χ1v) is 8.82. The highest BCUT2D eigenvalue weighted by molar-refractivity contribution is 5.72. The van der Waals surface area contributed by atoms with Crippen molar-refractivity contribution in [3.8, 4) is 0 Å². The third kappa shape index (κ3) is 5.35. The van der Waals surface area contributed by atoms with Gasteiger partial charge in [-0.2, -0.15) is 5.10 Å². The van der Waals surface area contributed by atoms with Crippen LogP contribution in [-0.2, 0) is 31.4 Å². The lowest BCUT2D eigenvalue weighted by Gasteiger charge is -2.31. The van der Waals surface area contributed by atoms with Gasteiger partial charge < -0.3 is 5.32 Å². The normalized spacial score (nSPS) is 16.1. The third-order valence-corrected chi connectivity index (χ3v) is 4.65. The molecule has 7 heteroatoms. The number of hydrogen-bond acceptors (Lipinski definition) is 5. The largest absolute Gasteiger partial charge is 0.351 e. The maximum absolute atomic E-state index is 10.9. The first kappa shape index (κ1) is 17.5. The highest BCUT2D eigenvalue weighted by Gasteiger charge is 2.20. The van der Waals surface area contributed by atoms with Crippen molar-refractivity contribution in [3.63, 3.8) is 0 Å². The minimum Gasteiger partial charge on any atom is -0.351 e. The van der Waals surface area contributed by atoms with Crippen molar-refractivity contribution in [2.24, 2.45) is 13.0 Å². The molecule has 0 saturated carbocycles. The van der Waals surface area contributed by atoms with Crippen LogP contribution in [-0.4, -0.2) is 43.6 Å². The number of carbonyl (C=O) groups excluding carboxylic acids is 1. The molecule has 0 aromatic carbocycles. The molecule has 3 heterocycles. The van der Waals surface area contributed by atoms with Gasteiger partial charge in [-0.15, -0.1) is 0 Å². The van der Waals surface area contributed by atoms with Crippen LogP contribution < -0.4 is 5.32 Å². The number of carbonyl (C=O) groups is 1. The fraction of sp³-hybridized carbons (Fsp3) is 0.556. The molecular formula is C18H26N6O. The van der Waals surface area contributed by atoms with Crippen LogP contribution >= 0.6 is 0 Å². The molecule has 0 unspecified atom stereocenters. The number of aryl methyl sites for hydroxylation is 1. The molecule has 1 aliphatic rings. The van der Waals surface area contributed by atoms with E-state index in [9.17, 15) is 4.79 Å². The SMILES string of the molecule is CC(=O)NCc1cnc(CC2CCN(Cc3cnn(C)c3)CC2)cn1. The molecule has 2 aromatic rings. The summed E-state index contributed by atoms with van der Waals surface area (Å²) in [5, 5.41) is 6.97. The maximum atomic E-state index is 10.9. The topological polar surface area (TPSA) is 75.9 Å². The summed E-state index contributed by atoms with van der Waals surface area (Å²) < 4.78 is 1.86. The second-order valence-corrected chi connectivity index (χ2v) is 6.85. The van der Waals surface area contributed by atoms with E-state index in [4.69, 9.17) is 0 Å². The number of piperidine rings is 1. The van der Waals surface area contributed by atoms with Crippen LogP contribution in [0.3, 0.4) is 0 Å². The highest BCUT2D eigenvalue weighted by Crippen LogP contribution is 2.22. The van der Waals surface area contributed by atoms with E-state index in [0.29, 0.717) is 12.5 Å². The Balaban J connectivity index is 1.43. The molecular weight excluding hydrogens is 316 g/mol. The molecule has 7 nitrogen and oxygen atoms in total. The van der Waals surface area contributed by atoms with Gasteiger partial charge in [-0.25, -0.2) is 0 Å². The Labute approximate surface area is 148 Å². The van der Waals surface area contributed by atoms with Gasteiger partial charge in [0.15, 0.2) is 0 Å². The highest BCUT2D eigenvalue weighted by atomic mass is 16.1. The van der Waals surface area contributed by atoms with Crippen molar-refractivity contribution >= 4 is 5.91 Å². The molecule has 1 N–H and O–H groups in total. The summed E-state index contributed by atoms with van der Waals surface area (Å²) in [6.07, 6.45) is 11.0. The fourth-order valence-corrected chi connectivity index (χ4v) is 3.25. The smallest absolute Gasteiger partial charge is 0.217 e. The summed E-state index contributed by atoms with van der Waals surface area (Å²) in [5.74, 6) is 0.615. The number of nitrogens with one attached hydrogen (secondary N) is 1. The lowest BCUT2D eigenvalue weighted by molar-refractivity contribution is -0.119. The Bertz CT molecular complexity index is 688. The predicted molar refractivity (Wildman–Crippen MR) is 94.5 cm³/mol. The van der Waals surface area contributed by atoms with Gasteiger partial charge in [-0.05, 0) is 38.3 Å². The summed E-state index contributed by atoms with van der Waals surface area (Å²) in [5.41, 5.74) is 3.11. The van der Waals surface area contributed by atoms with Gasteiger partial charge in [-0.3, -0.25) is 24.3 Å². The van der Waals surface area contributed by atoms with Gasteiger partial charge >= 0.3 is 0 Å². The molecule has 1 saturated heterocycles. The minimum absolute atomic E-state index is 0.0519. The average Bonchev–Trinajstić information content (AvgIpc) is 3.01. The first-order valence-electron chi connectivity index (χ1n) is 8.82. The Hall–Kier alpha value is -2.28. The zero-order valence-corrected chi connectivity index (χ0v) is 15.0. The number of amides is 1. The van der Waals surface area contributed by atoms with Crippen LogP contribution in [0.15, 0.2) is 24.8 Å². The molecule has 0 atom stereocenters. The third-order valence-electron chi connectivity index (χ3n) is 4.65. The van der Waals surface area contributed by atoms with Crippen molar-refractivity contribution in [2.45, 2.75) is 39.3 Å². The Kier molecular flexibility index (Phi) is 5.75. The van der Waals surface area contributed by atoms with Crippen LogP contribution in [0.4, 0.5) is 0 Å². The monoisotopic (exact) mass is 342 g/mol. The molecule has 134 valence electrons. The first-order chi connectivity index (χ1) is 12.1. The van der Waals surface area contributed by atoms with Crippen LogP contribution in [0.25, 0.3) is 0 Å². The fourth-order valence-electron chi connectivity index (χ4n) is 3.25. The molecule has 0 radical (unpaired) electrons. The number of rotatable bonds is 6. The van der Waals surface area contributed by atoms with Crippen molar-refractivity contribution in [1.82, 2.24) is 30.0 Å². The predicted octanol–water partition coefficient (Wildman–Crippen LogP) is 1.30. The number of nitrogens with zero attached hydrogens (tertiary/aromatic N) is 5. The van der Waals surface area contributed by atoms with E-state index in [1.807, 2.05) is 24.1 Å². The molecule has 1 aliphatic heterocycles. The second kappa shape index (κ2) is 8.20. The van der Waals surface area contributed by atoms with Gasteiger partial charge in [0.25, 0.3) is 0 Å². The number of hydrogen-bond donors (Lipinski definition) is 1. The van der Waals surface area contributed by atoms with Crippen LogP contribution in [0.1, 0.15) is 36.7 Å². The molecule has 1 fully saturated rings. The Morgan fingerprint density at radius 3 is 2.52 bits per heavy atom. The van der Waals surface area contributed by atoms with Gasteiger partial charge in [-0.1, -0.05) is 0 Å². The zero-order valence-electron chi connectivity index (χ0n) is 15.0. The van der Waals surface area contributed by atoms with Gasteiger partial charge in [0.05, 0.1) is 30.3 Å². The van der Waals surface area contributed by atoms with E-state index < -0.39 is 0 Å². The van der Waals surface area contributed by atoms with Crippen LogP contribution in [0.5, 0.6) is 0 Å². The summed E-state index contributed by atoms with van der Waals surface area (Å²) in [6.45, 7) is 5.16. The summed E-state index contributed by atoms with van der Waals surface area (Å²) in [4.78, 5) is 22.3. The van der Waals surface area contributed by atoms with Crippen molar-refractivity contribution in [3.05, 3.63) is 41.7 Å². The standard InChI is InChI=1S/C18H26N6O/c1-14(25)19-10-18-11-20-17(9-21-18)7-15-3-5-24(6-4-15)13-16-8-22-23(2)12-16/h8-9,11-12,15H,3-7,10,13H2,1-2H3,(H,19,25). The molecule has 0 aliphatic carbocycles. The quantitative estimate of drug-likeness (QED) is 0.856. The number of aromatic nitrogens is 4. The lowest BCUT2D eigenvalue weighted by Crippen LogP contribution is -2.33. The van der Waals surface area contributed by atoms with Crippen LogP contribution in [0.2, 0.25) is 0 Å². The van der Waals surface area contributed by atoms with Crippen molar-refractivity contribution < 1.29 is 4.79 Å². The molecule has 0 spiro atoms. The molecule has 2 aromatic heterocycles. The van der Waals surface area contributed by atoms with E-state index in [1.165, 1.54) is 25.3 Å². The zero-order chi connectivity index (χ0) is 17.6. The van der Waals surface area contributed by atoms with E-state index in [1.54, 1.807) is 6.20 Å². The summed E-state index contributed by atoms with van der Waals surface area (Å²) in [7, 11) is 1.96. The van der Waals surface area contributed by atoms with Gasteiger partial charge in [0, 0.05) is 38.5 Å². The minimum atomic E-state index is -0.0519. The van der Waals surface area contributed by atoms with Crippen molar-refractivity contribution in [2.75, 3.05) is 13.1 Å².